The van der Waals surface area contributed by atoms with Crippen LogP contribution < -0.4 is 5.32 Å². The average Bonchev–Trinajstić information content (AvgIpc) is 2.62. The van der Waals surface area contributed by atoms with Crippen LogP contribution in [-0.2, 0) is 0 Å². The Morgan fingerprint density at radius 3 is 2.37 bits per heavy atom. The SMILES string of the molecule is Cc1oc(C)c(C(=O)NCC2(O)CCCCC2)c1C. The first-order chi connectivity index (χ1) is 8.93. The number of rotatable bonds is 3. The monoisotopic (exact) mass is 265 g/mol. The van der Waals surface area contributed by atoms with Crippen molar-refractivity contribution in [1.82, 2.24) is 5.32 Å². The van der Waals surface area contributed by atoms with Gasteiger partial charge in [-0.2, -0.15) is 0 Å². The van der Waals surface area contributed by atoms with Crippen LogP contribution in [0.4, 0.5) is 0 Å². The Morgan fingerprint density at radius 2 is 1.84 bits per heavy atom. The van der Waals surface area contributed by atoms with E-state index in [0.29, 0.717) is 17.9 Å². The second kappa shape index (κ2) is 5.37. The lowest BCUT2D eigenvalue weighted by molar-refractivity contribution is 0.00523. The highest BCUT2D eigenvalue weighted by Crippen LogP contribution is 2.27. The number of aryl methyl sites for hydroxylation is 2. The van der Waals surface area contributed by atoms with Crippen LogP contribution in [0.15, 0.2) is 4.42 Å². The summed E-state index contributed by atoms with van der Waals surface area (Å²) in [6.45, 7) is 5.86. The molecule has 0 bridgehead atoms. The molecule has 0 saturated heterocycles. The molecule has 1 aromatic rings. The molecule has 0 aromatic carbocycles. The number of hydrogen-bond acceptors (Lipinski definition) is 3. The van der Waals surface area contributed by atoms with Crippen LogP contribution in [0.3, 0.4) is 0 Å². The first-order valence-corrected chi connectivity index (χ1v) is 7.00. The van der Waals surface area contributed by atoms with E-state index in [9.17, 15) is 9.90 Å². The van der Waals surface area contributed by atoms with E-state index in [0.717, 1.165) is 37.0 Å². The highest BCUT2D eigenvalue weighted by molar-refractivity contribution is 5.96. The molecule has 4 nitrogen and oxygen atoms in total. The molecule has 0 unspecified atom stereocenters. The molecular formula is C15H23NO3. The Kier molecular flexibility index (Phi) is 3.99. The summed E-state index contributed by atoms with van der Waals surface area (Å²) in [6, 6.07) is 0. The van der Waals surface area contributed by atoms with Gasteiger partial charge in [-0.05, 0) is 33.6 Å². The van der Waals surface area contributed by atoms with Crippen LogP contribution in [0.2, 0.25) is 0 Å². The number of carbonyl (C=O) groups is 1. The van der Waals surface area contributed by atoms with Gasteiger partial charge in [-0.15, -0.1) is 0 Å². The van der Waals surface area contributed by atoms with Crippen molar-refractivity contribution in [3.05, 3.63) is 22.6 Å². The minimum absolute atomic E-state index is 0.147. The number of carbonyl (C=O) groups excluding carboxylic acids is 1. The normalized spacial score (nSPS) is 18.3. The topological polar surface area (TPSA) is 62.5 Å². The van der Waals surface area contributed by atoms with Crippen molar-refractivity contribution < 1.29 is 14.3 Å². The predicted octanol–water partition coefficient (Wildman–Crippen LogP) is 2.63. The smallest absolute Gasteiger partial charge is 0.255 e. The predicted molar refractivity (Wildman–Crippen MR) is 73.3 cm³/mol. The summed E-state index contributed by atoms with van der Waals surface area (Å²) in [5.41, 5.74) is 0.761. The van der Waals surface area contributed by atoms with E-state index in [2.05, 4.69) is 5.32 Å². The Balaban J connectivity index is 2.01. The highest BCUT2D eigenvalue weighted by Gasteiger charge is 2.30. The van der Waals surface area contributed by atoms with Gasteiger partial charge in [-0.25, -0.2) is 0 Å². The van der Waals surface area contributed by atoms with Gasteiger partial charge in [0.05, 0.1) is 11.2 Å². The molecule has 2 rings (SSSR count). The molecule has 1 aliphatic rings. The molecule has 106 valence electrons. The van der Waals surface area contributed by atoms with Crippen LogP contribution in [0.25, 0.3) is 0 Å². The van der Waals surface area contributed by atoms with Crippen molar-refractivity contribution in [2.45, 2.75) is 58.5 Å². The summed E-state index contributed by atoms with van der Waals surface area (Å²) in [6.07, 6.45) is 4.80. The van der Waals surface area contributed by atoms with Crippen molar-refractivity contribution in [3.8, 4) is 0 Å². The number of hydrogen-bond donors (Lipinski definition) is 2. The number of nitrogens with one attached hydrogen (secondary N) is 1. The molecule has 1 aliphatic carbocycles. The fraction of sp³-hybridized carbons (Fsp3) is 0.667. The molecule has 1 heterocycles. The largest absolute Gasteiger partial charge is 0.466 e. The van der Waals surface area contributed by atoms with Crippen LogP contribution in [0, 0.1) is 20.8 Å². The Labute approximate surface area is 114 Å². The van der Waals surface area contributed by atoms with Crippen molar-refractivity contribution in [2.75, 3.05) is 6.54 Å². The molecule has 1 aromatic heterocycles. The standard InChI is InChI=1S/C15H23NO3/c1-10-11(2)19-12(3)13(10)14(17)16-9-15(18)7-5-4-6-8-15/h18H,4-9H2,1-3H3,(H,16,17). The van der Waals surface area contributed by atoms with E-state index < -0.39 is 5.60 Å². The maximum Gasteiger partial charge on any atom is 0.255 e. The second-order valence-electron chi connectivity index (χ2n) is 5.68. The van der Waals surface area contributed by atoms with Gasteiger partial charge in [0.1, 0.15) is 11.5 Å². The molecule has 0 aliphatic heterocycles. The summed E-state index contributed by atoms with van der Waals surface area (Å²) in [5.74, 6) is 1.27. The molecule has 0 radical (unpaired) electrons. The van der Waals surface area contributed by atoms with Gasteiger partial charge >= 0.3 is 0 Å². The van der Waals surface area contributed by atoms with E-state index in [1.54, 1.807) is 6.92 Å². The first kappa shape index (κ1) is 14.1. The maximum atomic E-state index is 12.2. The molecule has 1 saturated carbocycles. The number of amides is 1. The molecule has 0 spiro atoms. The van der Waals surface area contributed by atoms with Crippen LogP contribution >= 0.6 is 0 Å². The zero-order valence-corrected chi connectivity index (χ0v) is 12.0. The van der Waals surface area contributed by atoms with Crippen molar-refractivity contribution >= 4 is 5.91 Å². The van der Waals surface area contributed by atoms with Crippen molar-refractivity contribution in [2.24, 2.45) is 0 Å². The molecule has 1 amide bonds. The molecule has 19 heavy (non-hydrogen) atoms. The minimum atomic E-state index is -0.728. The van der Waals surface area contributed by atoms with E-state index in [1.807, 2.05) is 13.8 Å². The summed E-state index contributed by atoms with van der Waals surface area (Å²) >= 11 is 0. The van der Waals surface area contributed by atoms with Crippen LogP contribution in [0.1, 0.15) is 59.5 Å². The molecule has 1 fully saturated rings. The van der Waals surface area contributed by atoms with Gasteiger partial charge in [0.15, 0.2) is 0 Å². The van der Waals surface area contributed by atoms with Gasteiger partial charge in [-0.1, -0.05) is 19.3 Å². The Hall–Kier alpha value is -1.29. The zero-order chi connectivity index (χ0) is 14.0. The van der Waals surface area contributed by atoms with E-state index in [4.69, 9.17) is 4.42 Å². The maximum absolute atomic E-state index is 12.2. The van der Waals surface area contributed by atoms with Crippen molar-refractivity contribution in [3.63, 3.8) is 0 Å². The van der Waals surface area contributed by atoms with Gasteiger partial charge in [0.25, 0.3) is 5.91 Å². The lowest BCUT2D eigenvalue weighted by Crippen LogP contribution is -2.44. The molecule has 2 N–H and O–H groups in total. The quantitative estimate of drug-likeness (QED) is 0.883. The number of aliphatic hydroxyl groups is 1. The van der Waals surface area contributed by atoms with Crippen LogP contribution in [0.5, 0.6) is 0 Å². The highest BCUT2D eigenvalue weighted by atomic mass is 16.3. The lowest BCUT2D eigenvalue weighted by atomic mass is 9.85. The summed E-state index contributed by atoms with van der Waals surface area (Å²) in [7, 11) is 0. The molecule has 4 heteroatoms. The Morgan fingerprint density at radius 1 is 1.21 bits per heavy atom. The van der Waals surface area contributed by atoms with Gasteiger partial charge in [0, 0.05) is 12.1 Å². The minimum Gasteiger partial charge on any atom is -0.466 e. The van der Waals surface area contributed by atoms with Crippen LogP contribution in [-0.4, -0.2) is 23.2 Å². The fourth-order valence-electron chi connectivity index (χ4n) is 2.85. The molecular weight excluding hydrogens is 242 g/mol. The lowest BCUT2D eigenvalue weighted by Gasteiger charge is -2.32. The van der Waals surface area contributed by atoms with Gasteiger partial charge < -0.3 is 14.8 Å². The second-order valence-corrected chi connectivity index (χ2v) is 5.68. The summed E-state index contributed by atoms with van der Waals surface area (Å²) < 4.78 is 5.46. The fourth-order valence-corrected chi connectivity index (χ4v) is 2.85. The summed E-state index contributed by atoms with van der Waals surface area (Å²) in [5, 5.41) is 13.2. The average molecular weight is 265 g/mol. The molecule has 0 atom stereocenters. The zero-order valence-electron chi connectivity index (χ0n) is 12.0. The third-order valence-corrected chi connectivity index (χ3v) is 4.15. The number of furan rings is 1. The van der Waals surface area contributed by atoms with E-state index >= 15 is 0 Å². The van der Waals surface area contributed by atoms with E-state index in [-0.39, 0.29) is 5.91 Å². The third kappa shape index (κ3) is 3.00. The summed E-state index contributed by atoms with van der Waals surface area (Å²) in [4.78, 5) is 12.2. The van der Waals surface area contributed by atoms with Gasteiger partial charge in [0.2, 0.25) is 0 Å². The first-order valence-electron chi connectivity index (χ1n) is 7.00. The Bertz CT molecular complexity index is 470. The van der Waals surface area contributed by atoms with E-state index in [1.165, 1.54) is 6.42 Å². The third-order valence-electron chi connectivity index (χ3n) is 4.15. The van der Waals surface area contributed by atoms with Gasteiger partial charge in [-0.3, -0.25) is 4.79 Å². The van der Waals surface area contributed by atoms with Crippen molar-refractivity contribution in [1.29, 1.82) is 0 Å².